The Morgan fingerprint density at radius 1 is 0.266 bits per heavy atom. The van der Waals surface area contributed by atoms with Crippen LogP contribution in [-0.4, -0.2) is 96.7 Å². The summed E-state index contributed by atoms with van der Waals surface area (Å²) >= 11 is 0. The topological polar surface area (TPSA) is 237 Å². The summed E-state index contributed by atoms with van der Waals surface area (Å²) < 4.78 is 68.4. The lowest BCUT2D eigenvalue weighted by molar-refractivity contribution is -0.161. The van der Waals surface area contributed by atoms with Crippen molar-refractivity contribution in [3.05, 3.63) is 0 Å². The summed E-state index contributed by atoms with van der Waals surface area (Å²) in [5.41, 5.74) is 0. The van der Waals surface area contributed by atoms with Gasteiger partial charge in [0.1, 0.15) is 19.3 Å². The Labute approximate surface area is 575 Å². The molecule has 0 radical (unpaired) electrons. The molecule has 0 fully saturated rings. The summed E-state index contributed by atoms with van der Waals surface area (Å²) in [5, 5.41) is 10.6. The van der Waals surface area contributed by atoms with Crippen molar-refractivity contribution in [2.24, 2.45) is 23.7 Å². The van der Waals surface area contributed by atoms with Gasteiger partial charge >= 0.3 is 39.5 Å². The van der Waals surface area contributed by atoms with Crippen LogP contribution in [0.4, 0.5) is 0 Å². The van der Waals surface area contributed by atoms with Gasteiger partial charge in [-0.15, -0.1) is 0 Å². The van der Waals surface area contributed by atoms with Gasteiger partial charge in [-0.2, -0.15) is 0 Å². The number of carbonyl (C=O) groups excluding carboxylic acids is 4. The minimum absolute atomic E-state index is 0.104. The minimum Gasteiger partial charge on any atom is -0.462 e. The van der Waals surface area contributed by atoms with Crippen LogP contribution < -0.4 is 0 Å². The number of phosphoric acid groups is 2. The molecule has 0 heterocycles. The molecule has 0 aromatic rings. The Bertz CT molecular complexity index is 1850. The molecule has 0 aromatic carbocycles. The first-order valence-electron chi connectivity index (χ1n) is 38.7. The normalized spacial score (nSPS) is 14.2. The molecule has 17 nitrogen and oxygen atoms in total. The minimum atomic E-state index is -4.96. The van der Waals surface area contributed by atoms with Gasteiger partial charge in [-0.25, -0.2) is 9.13 Å². The fourth-order valence-corrected chi connectivity index (χ4v) is 13.0. The molecule has 0 aliphatic heterocycles. The molecule has 3 unspecified atom stereocenters. The summed E-state index contributed by atoms with van der Waals surface area (Å²) in [6, 6.07) is 0. The van der Waals surface area contributed by atoms with E-state index in [-0.39, 0.29) is 25.7 Å². The third-order valence-electron chi connectivity index (χ3n) is 17.3. The molecule has 0 amide bonds. The van der Waals surface area contributed by atoms with E-state index in [1.807, 2.05) is 0 Å². The first-order chi connectivity index (χ1) is 45.1. The number of unbranched alkanes of at least 4 members (excludes halogenated alkanes) is 38. The number of aliphatic hydroxyl groups is 1. The Hall–Kier alpha value is -1.94. The summed E-state index contributed by atoms with van der Waals surface area (Å²) in [7, 11) is -9.91. The number of rotatable bonds is 72. The van der Waals surface area contributed by atoms with Crippen LogP contribution in [0, 0.1) is 23.7 Å². The number of ether oxygens (including phenoxy) is 4. The van der Waals surface area contributed by atoms with Crippen LogP contribution >= 0.6 is 15.6 Å². The van der Waals surface area contributed by atoms with E-state index in [0.717, 1.165) is 114 Å². The van der Waals surface area contributed by atoms with Gasteiger partial charge in [0.05, 0.1) is 26.4 Å². The van der Waals surface area contributed by atoms with Crippen molar-refractivity contribution in [2.45, 2.75) is 395 Å². The predicted octanol–water partition coefficient (Wildman–Crippen LogP) is 21.7. The zero-order valence-corrected chi connectivity index (χ0v) is 63.4. The van der Waals surface area contributed by atoms with E-state index in [4.69, 9.17) is 37.0 Å². The second-order valence-corrected chi connectivity index (χ2v) is 31.9. The van der Waals surface area contributed by atoms with Crippen LogP contribution in [0.15, 0.2) is 0 Å². The molecule has 19 heteroatoms. The average molecular weight is 1380 g/mol. The number of aliphatic hydroxyl groups excluding tert-OH is 1. The van der Waals surface area contributed by atoms with Gasteiger partial charge in [0.15, 0.2) is 12.2 Å². The molecule has 0 saturated carbocycles. The molecule has 0 saturated heterocycles. The number of phosphoric ester groups is 2. The molecule has 0 aliphatic rings. The Balaban J connectivity index is 5.16. The van der Waals surface area contributed by atoms with Crippen LogP contribution in [0.2, 0.25) is 0 Å². The monoisotopic (exact) mass is 1380 g/mol. The number of hydrogen-bond donors (Lipinski definition) is 3. The van der Waals surface area contributed by atoms with E-state index in [1.165, 1.54) is 173 Å². The summed E-state index contributed by atoms with van der Waals surface area (Å²) in [5.74, 6) is 0.856. The van der Waals surface area contributed by atoms with E-state index in [1.54, 1.807) is 0 Å². The van der Waals surface area contributed by atoms with Crippen molar-refractivity contribution in [3.63, 3.8) is 0 Å². The van der Waals surface area contributed by atoms with Gasteiger partial charge in [0, 0.05) is 25.7 Å². The second-order valence-electron chi connectivity index (χ2n) is 28.9. The quantitative estimate of drug-likeness (QED) is 0.0222. The maximum absolute atomic E-state index is 13.1. The standard InChI is InChI=1S/C75H146O17P2/c1-65(2)51-43-35-27-20-17-15-13-11-9-10-12-14-16-18-22-31-39-47-55-72(77)85-61-70(92-75(80)58-50-42-33-25-24-29-37-45-53-67(5)6)63-89-93(81,82)87-59-69(76)60-88-94(83,84)90-64-71(62-86-73(78)56-48-40-34-26-30-38-46-54-68(7)8)91-74(79)57-49-41-32-23-19-21-28-36-44-52-66(3)4/h65-71,76H,9-64H2,1-8H3,(H,81,82)(H,83,84)/t69?,70-,71-/m1/s1. The first-order valence-corrected chi connectivity index (χ1v) is 41.7. The summed E-state index contributed by atoms with van der Waals surface area (Å²) in [6.45, 7) is 14.1. The van der Waals surface area contributed by atoms with Crippen LogP contribution in [0.5, 0.6) is 0 Å². The highest BCUT2D eigenvalue weighted by atomic mass is 31.2. The van der Waals surface area contributed by atoms with Gasteiger partial charge in [-0.3, -0.25) is 37.3 Å². The fourth-order valence-electron chi connectivity index (χ4n) is 11.4. The lowest BCUT2D eigenvalue weighted by atomic mass is 10.0. The maximum atomic E-state index is 13.1. The largest absolute Gasteiger partial charge is 0.472 e. The fraction of sp³-hybridized carbons (Fsp3) is 0.947. The third kappa shape index (κ3) is 68.6. The number of esters is 4. The van der Waals surface area contributed by atoms with E-state index in [9.17, 15) is 43.2 Å². The van der Waals surface area contributed by atoms with E-state index >= 15 is 0 Å². The van der Waals surface area contributed by atoms with Gasteiger partial charge in [-0.1, -0.05) is 325 Å². The van der Waals surface area contributed by atoms with E-state index in [2.05, 4.69) is 55.4 Å². The highest BCUT2D eigenvalue weighted by Gasteiger charge is 2.30. The van der Waals surface area contributed by atoms with E-state index < -0.39 is 97.5 Å². The van der Waals surface area contributed by atoms with Crippen LogP contribution in [0.25, 0.3) is 0 Å². The highest BCUT2D eigenvalue weighted by Crippen LogP contribution is 2.45. The molecular formula is C75H146O17P2. The second kappa shape index (κ2) is 64.4. The van der Waals surface area contributed by atoms with Gasteiger partial charge in [0.25, 0.3) is 0 Å². The van der Waals surface area contributed by atoms with Crippen molar-refractivity contribution in [1.29, 1.82) is 0 Å². The molecule has 5 atom stereocenters. The smallest absolute Gasteiger partial charge is 0.462 e. The van der Waals surface area contributed by atoms with E-state index in [0.29, 0.717) is 31.6 Å². The van der Waals surface area contributed by atoms with Gasteiger partial charge < -0.3 is 33.8 Å². The molecule has 0 aliphatic carbocycles. The molecule has 0 aromatic heterocycles. The summed E-state index contributed by atoms with van der Waals surface area (Å²) in [4.78, 5) is 72.7. The third-order valence-corrected chi connectivity index (χ3v) is 19.2. The van der Waals surface area contributed by atoms with Gasteiger partial charge in [0.2, 0.25) is 0 Å². The molecule has 3 N–H and O–H groups in total. The Morgan fingerprint density at radius 3 is 0.660 bits per heavy atom. The van der Waals surface area contributed by atoms with Crippen molar-refractivity contribution in [3.8, 4) is 0 Å². The lowest BCUT2D eigenvalue weighted by Crippen LogP contribution is -2.30. The van der Waals surface area contributed by atoms with Crippen molar-refractivity contribution >= 4 is 39.5 Å². The lowest BCUT2D eigenvalue weighted by Gasteiger charge is -2.21. The zero-order chi connectivity index (χ0) is 69.6. The summed E-state index contributed by atoms with van der Waals surface area (Å²) in [6.07, 6.45) is 48.9. The molecule has 558 valence electrons. The Kier molecular flexibility index (Phi) is 63.1. The maximum Gasteiger partial charge on any atom is 0.472 e. The molecular weight excluding hydrogens is 1230 g/mol. The first kappa shape index (κ1) is 92.1. The van der Waals surface area contributed by atoms with Crippen LogP contribution in [0.1, 0.15) is 376 Å². The van der Waals surface area contributed by atoms with Crippen molar-refractivity contribution < 1.29 is 80.2 Å². The average Bonchev–Trinajstić information content (AvgIpc) is 1.52. The Morgan fingerprint density at radius 2 is 0.447 bits per heavy atom. The molecule has 94 heavy (non-hydrogen) atoms. The zero-order valence-electron chi connectivity index (χ0n) is 61.6. The molecule has 0 rings (SSSR count). The number of hydrogen-bond acceptors (Lipinski definition) is 15. The van der Waals surface area contributed by atoms with Gasteiger partial charge in [-0.05, 0) is 49.4 Å². The van der Waals surface area contributed by atoms with Crippen molar-refractivity contribution in [1.82, 2.24) is 0 Å². The van der Waals surface area contributed by atoms with Crippen LogP contribution in [-0.2, 0) is 65.4 Å². The molecule has 0 spiro atoms. The SMILES string of the molecule is CC(C)CCCCCCCCCCCCCCCCCCCCC(=O)OC[C@H](COP(=O)(O)OCC(O)COP(=O)(O)OC[C@@H](COC(=O)CCCCCCCCCC(C)C)OC(=O)CCCCCCCCCCCC(C)C)OC(=O)CCCCCCCCCCC(C)C. The highest BCUT2D eigenvalue weighted by molar-refractivity contribution is 7.47. The molecule has 0 bridgehead atoms. The predicted molar refractivity (Wildman–Crippen MR) is 381 cm³/mol. The van der Waals surface area contributed by atoms with Crippen molar-refractivity contribution in [2.75, 3.05) is 39.6 Å². The number of carbonyl (C=O) groups is 4. The van der Waals surface area contributed by atoms with Crippen LogP contribution in [0.3, 0.4) is 0 Å².